The van der Waals surface area contributed by atoms with Crippen molar-refractivity contribution in [3.8, 4) is 0 Å². The van der Waals surface area contributed by atoms with E-state index in [9.17, 15) is 18.5 Å². The summed E-state index contributed by atoms with van der Waals surface area (Å²) in [6, 6.07) is 3.62. The van der Waals surface area contributed by atoms with Gasteiger partial charge in [0.25, 0.3) is 5.69 Å². The van der Waals surface area contributed by atoms with Crippen molar-refractivity contribution in [3.05, 3.63) is 44.9 Å². The van der Waals surface area contributed by atoms with Gasteiger partial charge in [-0.25, -0.2) is 18.5 Å². The summed E-state index contributed by atoms with van der Waals surface area (Å²) in [7, 11) is -2.37. The first-order chi connectivity index (χ1) is 10.3. The van der Waals surface area contributed by atoms with Gasteiger partial charge in [0, 0.05) is 43.7 Å². The van der Waals surface area contributed by atoms with E-state index in [0.717, 1.165) is 11.1 Å². The Morgan fingerprint density at radius 1 is 1.45 bits per heavy atom. The number of hydrogen-bond acceptors (Lipinski definition) is 7. The van der Waals surface area contributed by atoms with Crippen molar-refractivity contribution >= 4 is 32.7 Å². The Hall–Kier alpha value is -2.04. The van der Waals surface area contributed by atoms with E-state index in [4.69, 9.17) is 5.14 Å². The summed E-state index contributed by atoms with van der Waals surface area (Å²) in [4.78, 5) is 15.7. The number of thiazole rings is 1. The van der Waals surface area contributed by atoms with Crippen LogP contribution in [-0.2, 0) is 16.4 Å². The average molecular weight is 342 g/mol. The minimum Gasteiger partial charge on any atom is -0.373 e. The monoisotopic (exact) mass is 342 g/mol. The van der Waals surface area contributed by atoms with Crippen LogP contribution in [0.5, 0.6) is 0 Å². The zero-order chi connectivity index (χ0) is 16.3. The predicted molar refractivity (Wildman–Crippen MR) is 83.6 cm³/mol. The lowest BCUT2D eigenvalue weighted by atomic mass is 10.2. The number of anilines is 1. The van der Waals surface area contributed by atoms with Gasteiger partial charge in [0.15, 0.2) is 0 Å². The number of sulfonamides is 1. The number of nitro benzene ring substituents is 1. The Bertz CT molecular complexity index is 774. The van der Waals surface area contributed by atoms with Gasteiger partial charge < -0.3 is 4.90 Å². The van der Waals surface area contributed by atoms with Crippen molar-refractivity contribution in [2.45, 2.75) is 11.3 Å². The molecule has 0 fully saturated rings. The molecule has 1 aromatic heterocycles. The lowest BCUT2D eigenvalue weighted by Gasteiger charge is -2.21. The maximum atomic E-state index is 11.7. The number of benzene rings is 1. The number of nitrogens with two attached hydrogens (primary N) is 1. The second-order valence-corrected chi connectivity index (χ2v) is 7.06. The molecule has 10 heteroatoms. The number of nitrogens with zero attached hydrogens (tertiary/aromatic N) is 3. The molecule has 0 aliphatic heterocycles. The topological polar surface area (TPSA) is 119 Å². The van der Waals surface area contributed by atoms with Crippen LogP contribution in [0.2, 0.25) is 0 Å². The molecular weight excluding hydrogens is 328 g/mol. The van der Waals surface area contributed by atoms with Gasteiger partial charge in [-0.05, 0) is 6.07 Å². The van der Waals surface area contributed by atoms with Crippen molar-refractivity contribution in [2.75, 3.05) is 18.5 Å². The van der Waals surface area contributed by atoms with Crippen molar-refractivity contribution in [2.24, 2.45) is 5.14 Å². The van der Waals surface area contributed by atoms with E-state index in [-0.39, 0.29) is 10.6 Å². The highest BCUT2D eigenvalue weighted by molar-refractivity contribution is 7.89. The third-order valence-electron chi connectivity index (χ3n) is 3.02. The number of non-ortho nitro benzene ring substituents is 1. The number of hydrogen-bond donors (Lipinski definition) is 1. The van der Waals surface area contributed by atoms with Crippen molar-refractivity contribution in [3.63, 3.8) is 0 Å². The number of likely N-dealkylation sites (N-methyl/N-ethyl adjacent to an activating group) is 1. The number of aromatic nitrogens is 1. The van der Waals surface area contributed by atoms with E-state index >= 15 is 0 Å². The fourth-order valence-electron chi connectivity index (χ4n) is 1.92. The molecule has 118 valence electrons. The Kier molecular flexibility index (Phi) is 4.74. The maximum Gasteiger partial charge on any atom is 0.270 e. The largest absolute Gasteiger partial charge is 0.373 e. The summed E-state index contributed by atoms with van der Waals surface area (Å²) in [6.45, 7) is 0.508. The van der Waals surface area contributed by atoms with Crippen molar-refractivity contribution in [1.82, 2.24) is 4.98 Å². The molecule has 0 aliphatic carbocycles. The van der Waals surface area contributed by atoms with Crippen LogP contribution in [0.4, 0.5) is 11.4 Å². The molecule has 2 rings (SSSR count). The molecule has 0 spiro atoms. The number of rotatable bonds is 6. The van der Waals surface area contributed by atoms with E-state index in [0.29, 0.717) is 18.7 Å². The van der Waals surface area contributed by atoms with Crippen LogP contribution in [0.3, 0.4) is 0 Å². The Morgan fingerprint density at radius 3 is 2.73 bits per heavy atom. The third kappa shape index (κ3) is 3.78. The normalized spacial score (nSPS) is 11.4. The van der Waals surface area contributed by atoms with Crippen LogP contribution in [0.15, 0.2) is 34.7 Å². The minimum absolute atomic E-state index is 0.261. The molecule has 0 aliphatic rings. The summed E-state index contributed by atoms with van der Waals surface area (Å²) in [5.41, 5.74) is 0.00533. The molecule has 0 radical (unpaired) electrons. The first kappa shape index (κ1) is 16.3. The van der Waals surface area contributed by atoms with Gasteiger partial charge in [0.05, 0.1) is 15.6 Å². The highest BCUT2D eigenvalue weighted by Gasteiger charge is 2.21. The Morgan fingerprint density at radius 2 is 2.18 bits per heavy atom. The third-order valence-corrected chi connectivity index (χ3v) is 4.80. The zero-order valence-electron chi connectivity index (χ0n) is 11.7. The summed E-state index contributed by atoms with van der Waals surface area (Å²) in [5, 5.41) is 18.7. The highest BCUT2D eigenvalue weighted by Crippen LogP contribution is 2.28. The van der Waals surface area contributed by atoms with Crippen LogP contribution < -0.4 is 10.0 Å². The van der Waals surface area contributed by atoms with E-state index in [2.05, 4.69) is 4.98 Å². The molecule has 2 aromatic rings. The molecule has 2 N–H and O–H groups in total. The van der Waals surface area contributed by atoms with E-state index in [1.165, 1.54) is 23.5 Å². The van der Waals surface area contributed by atoms with Gasteiger partial charge in [0.1, 0.15) is 4.90 Å². The standard InChI is InChI=1S/C12H14N4O4S2/c1-15(6-4-12-14-5-7-21-12)10-3-2-9(16(17)18)8-11(10)22(13,19)20/h2-3,5,7-8H,4,6H2,1H3,(H2,13,19,20). The molecular formula is C12H14N4O4S2. The molecule has 22 heavy (non-hydrogen) atoms. The molecule has 0 bridgehead atoms. The van der Waals surface area contributed by atoms with Crippen LogP contribution >= 0.6 is 11.3 Å². The SMILES string of the molecule is CN(CCc1nccs1)c1ccc([N+](=O)[O-])cc1S(N)(=O)=O. The molecule has 0 saturated carbocycles. The molecule has 1 heterocycles. The summed E-state index contributed by atoms with van der Waals surface area (Å²) in [5.74, 6) is 0. The molecule has 8 nitrogen and oxygen atoms in total. The zero-order valence-corrected chi connectivity index (χ0v) is 13.3. The molecule has 0 atom stereocenters. The lowest BCUT2D eigenvalue weighted by Crippen LogP contribution is -2.24. The van der Waals surface area contributed by atoms with Gasteiger partial charge in [0.2, 0.25) is 10.0 Å². The Labute approximate surface area is 131 Å². The van der Waals surface area contributed by atoms with Crippen LogP contribution in [0, 0.1) is 10.1 Å². The first-order valence-corrected chi connectivity index (χ1v) is 8.62. The number of primary sulfonamides is 1. The van der Waals surface area contributed by atoms with E-state index in [1.807, 2.05) is 5.38 Å². The van der Waals surface area contributed by atoms with Crippen LogP contribution in [0.25, 0.3) is 0 Å². The van der Waals surface area contributed by atoms with Gasteiger partial charge in [-0.2, -0.15) is 0 Å². The van der Waals surface area contributed by atoms with E-state index < -0.39 is 14.9 Å². The molecule has 0 saturated heterocycles. The van der Waals surface area contributed by atoms with Gasteiger partial charge in [-0.1, -0.05) is 0 Å². The lowest BCUT2D eigenvalue weighted by molar-refractivity contribution is -0.385. The van der Waals surface area contributed by atoms with Crippen LogP contribution in [0.1, 0.15) is 5.01 Å². The molecule has 0 unspecified atom stereocenters. The summed E-state index contributed by atoms with van der Waals surface area (Å²) >= 11 is 1.51. The second kappa shape index (κ2) is 6.38. The summed E-state index contributed by atoms with van der Waals surface area (Å²) in [6.07, 6.45) is 2.33. The average Bonchev–Trinajstić information content (AvgIpc) is 2.96. The molecule has 0 amide bonds. The van der Waals surface area contributed by atoms with Crippen LogP contribution in [-0.4, -0.2) is 31.9 Å². The second-order valence-electron chi connectivity index (χ2n) is 4.55. The van der Waals surface area contributed by atoms with Gasteiger partial charge >= 0.3 is 0 Å². The van der Waals surface area contributed by atoms with Gasteiger partial charge in [-0.3, -0.25) is 10.1 Å². The maximum absolute atomic E-state index is 11.7. The minimum atomic E-state index is -4.07. The van der Waals surface area contributed by atoms with E-state index in [1.54, 1.807) is 18.1 Å². The fourth-order valence-corrected chi connectivity index (χ4v) is 3.33. The smallest absolute Gasteiger partial charge is 0.270 e. The highest BCUT2D eigenvalue weighted by atomic mass is 32.2. The van der Waals surface area contributed by atoms with Crippen molar-refractivity contribution in [1.29, 1.82) is 0 Å². The van der Waals surface area contributed by atoms with Gasteiger partial charge in [-0.15, -0.1) is 11.3 Å². The first-order valence-electron chi connectivity index (χ1n) is 6.20. The summed E-state index contributed by atoms with van der Waals surface area (Å²) < 4.78 is 23.4. The van der Waals surface area contributed by atoms with Crippen molar-refractivity contribution < 1.29 is 13.3 Å². The molecule has 1 aromatic carbocycles. The predicted octanol–water partition coefficient (Wildman–Crippen LogP) is 1.38. The quantitative estimate of drug-likeness (QED) is 0.625. The number of nitro groups is 1. The Balaban J connectivity index is 2.30. The fraction of sp³-hybridized carbons (Fsp3) is 0.250.